The zero-order chi connectivity index (χ0) is 12.1. The average molecular weight is 235 g/mol. The second-order valence-corrected chi connectivity index (χ2v) is 4.65. The van der Waals surface area contributed by atoms with Gasteiger partial charge in [-0.1, -0.05) is 6.42 Å². The molecule has 0 amide bonds. The molecule has 0 aromatic carbocycles. The lowest BCUT2D eigenvalue weighted by Crippen LogP contribution is -2.27. The quantitative estimate of drug-likeness (QED) is 0.807. The van der Waals surface area contributed by atoms with Crippen molar-refractivity contribution in [1.82, 2.24) is 15.3 Å². The highest BCUT2D eigenvalue weighted by molar-refractivity contribution is 5.31. The van der Waals surface area contributed by atoms with Crippen LogP contribution in [-0.2, 0) is 12.8 Å². The summed E-state index contributed by atoms with van der Waals surface area (Å²) in [5.74, 6) is 0.791. The Hall–Kier alpha value is -1.16. The lowest BCUT2D eigenvalue weighted by Gasteiger charge is -2.16. The van der Waals surface area contributed by atoms with E-state index in [1.54, 1.807) is 6.33 Å². The summed E-state index contributed by atoms with van der Waals surface area (Å²) in [6.45, 7) is 2.89. The molecule has 1 aliphatic rings. The molecule has 17 heavy (non-hydrogen) atoms. The molecule has 0 saturated carbocycles. The van der Waals surface area contributed by atoms with Gasteiger partial charge in [0.25, 0.3) is 0 Å². The number of ether oxygens (including phenoxy) is 1. The van der Waals surface area contributed by atoms with Crippen LogP contribution in [0.15, 0.2) is 6.33 Å². The summed E-state index contributed by atoms with van der Waals surface area (Å²) in [5, 5.41) is 3.11. The summed E-state index contributed by atoms with van der Waals surface area (Å²) in [4.78, 5) is 8.68. The zero-order valence-electron chi connectivity index (χ0n) is 10.7. The monoisotopic (exact) mass is 235 g/mol. The summed E-state index contributed by atoms with van der Waals surface area (Å²) in [6.07, 6.45) is 7.62. The molecule has 1 heterocycles. The molecule has 1 aromatic rings. The van der Waals surface area contributed by atoms with E-state index in [0.717, 1.165) is 25.3 Å². The van der Waals surface area contributed by atoms with Crippen LogP contribution in [0.25, 0.3) is 0 Å². The van der Waals surface area contributed by atoms with Crippen molar-refractivity contribution in [1.29, 1.82) is 0 Å². The van der Waals surface area contributed by atoms with Gasteiger partial charge >= 0.3 is 0 Å². The van der Waals surface area contributed by atoms with Gasteiger partial charge in [-0.3, -0.25) is 0 Å². The zero-order valence-corrected chi connectivity index (χ0v) is 10.7. The largest absolute Gasteiger partial charge is 0.473 e. The lowest BCUT2D eigenvalue weighted by molar-refractivity contribution is 0.209. The molecule has 0 saturated heterocycles. The van der Waals surface area contributed by atoms with Gasteiger partial charge in [0.15, 0.2) is 0 Å². The van der Waals surface area contributed by atoms with E-state index in [-0.39, 0.29) is 6.10 Å². The molecule has 1 N–H and O–H groups in total. The molecule has 1 aromatic heterocycles. The molecule has 0 aliphatic heterocycles. The van der Waals surface area contributed by atoms with Gasteiger partial charge in [0.1, 0.15) is 12.4 Å². The summed E-state index contributed by atoms with van der Waals surface area (Å²) in [5.41, 5.74) is 2.41. The maximum Gasteiger partial charge on any atom is 0.220 e. The molecule has 1 unspecified atom stereocenters. The van der Waals surface area contributed by atoms with E-state index in [0.29, 0.717) is 0 Å². The SMILES string of the molecule is CNCC(C)Oc1ncnc2c1CCCCC2. The lowest BCUT2D eigenvalue weighted by atomic mass is 10.1. The Bertz CT molecular complexity index is 368. The van der Waals surface area contributed by atoms with Gasteiger partial charge in [-0.2, -0.15) is 0 Å². The van der Waals surface area contributed by atoms with Crippen molar-refractivity contribution in [2.45, 2.75) is 45.1 Å². The number of likely N-dealkylation sites (N-methyl/N-ethyl adjacent to an activating group) is 1. The van der Waals surface area contributed by atoms with E-state index < -0.39 is 0 Å². The Balaban J connectivity index is 2.16. The predicted molar refractivity (Wildman–Crippen MR) is 67.3 cm³/mol. The van der Waals surface area contributed by atoms with Crippen molar-refractivity contribution >= 4 is 0 Å². The summed E-state index contributed by atoms with van der Waals surface area (Å²) in [7, 11) is 1.93. The first-order valence-electron chi connectivity index (χ1n) is 6.45. The third-order valence-corrected chi connectivity index (χ3v) is 3.14. The summed E-state index contributed by atoms with van der Waals surface area (Å²) >= 11 is 0. The van der Waals surface area contributed by atoms with E-state index in [9.17, 15) is 0 Å². The third-order valence-electron chi connectivity index (χ3n) is 3.14. The van der Waals surface area contributed by atoms with Gasteiger partial charge in [-0.25, -0.2) is 9.97 Å². The number of rotatable bonds is 4. The highest BCUT2D eigenvalue weighted by Gasteiger charge is 2.16. The molecule has 94 valence electrons. The Kier molecular flexibility index (Phi) is 4.31. The molecule has 2 rings (SSSR count). The topological polar surface area (TPSA) is 47.0 Å². The molecule has 0 bridgehead atoms. The normalized spacial score (nSPS) is 17.1. The number of hydrogen-bond acceptors (Lipinski definition) is 4. The van der Waals surface area contributed by atoms with Crippen LogP contribution in [0.2, 0.25) is 0 Å². The maximum absolute atomic E-state index is 5.90. The van der Waals surface area contributed by atoms with E-state index >= 15 is 0 Å². The number of nitrogens with one attached hydrogen (secondary N) is 1. The van der Waals surface area contributed by atoms with Crippen LogP contribution in [0, 0.1) is 0 Å². The van der Waals surface area contributed by atoms with E-state index in [1.165, 1.54) is 30.5 Å². The molecule has 1 atom stereocenters. The molecule has 0 fully saturated rings. The Morgan fingerprint density at radius 3 is 2.94 bits per heavy atom. The molecular formula is C13H21N3O. The highest BCUT2D eigenvalue weighted by Crippen LogP contribution is 2.25. The molecule has 0 radical (unpaired) electrons. The van der Waals surface area contributed by atoms with Crippen LogP contribution < -0.4 is 10.1 Å². The minimum absolute atomic E-state index is 0.141. The van der Waals surface area contributed by atoms with Crippen LogP contribution in [0.5, 0.6) is 5.88 Å². The number of aromatic nitrogens is 2. The van der Waals surface area contributed by atoms with Crippen LogP contribution in [-0.4, -0.2) is 29.7 Å². The van der Waals surface area contributed by atoms with Gasteiger partial charge in [-0.05, 0) is 39.7 Å². The number of nitrogens with zero attached hydrogens (tertiary/aromatic N) is 2. The third kappa shape index (κ3) is 3.16. The fourth-order valence-corrected chi connectivity index (χ4v) is 2.29. The van der Waals surface area contributed by atoms with Gasteiger partial charge in [0.2, 0.25) is 5.88 Å². The van der Waals surface area contributed by atoms with Crippen molar-refractivity contribution in [2.24, 2.45) is 0 Å². The van der Waals surface area contributed by atoms with Crippen LogP contribution in [0.4, 0.5) is 0 Å². The van der Waals surface area contributed by atoms with Gasteiger partial charge < -0.3 is 10.1 Å². The Labute approximate surface area is 103 Å². The number of fused-ring (bicyclic) bond motifs is 1. The first kappa shape index (κ1) is 12.3. The fraction of sp³-hybridized carbons (Fsp3) is 0.692. The summed E-state index contributed by atoms with van der Waals surface area (Å²) < 4.78 is 5.90. The fourth-order valence-electron chi connectivity index (χ4n) is 2.29. The van der Waals surface area contributed by atoms with Crippen molar-refractivity contribution in [2.75, 3.05) is 13.6 Å². The van der Waals surface area contributed by atoms with Crippen LogP contribution in [0.3, 0.4) is 0 Å². The smallest absolute Gasteiger partial charge is 0.220 e. The van der Waals surface area contributed by atoms with Crippen molar-refractivity contribution in [3.63, 3.8) is 0 Å². The first-order chi connectivity index (χ1) is 8.31. The second kappa shape index (κ2) is 5.96. The molecule has 1 aliphatic carbocycles. The second-order valence-electron chi connectivity index (χ2n) is 4.65. The van der Waals surface area contributed by atoms with E-state index in [4.69, 9.17) is 4.74 Å². The highest BCUT2D eigenvalue weighted by atomic mass is 16.5. The summed E-state index contributed by atoms with van der Waals surface area (Å²) in [6, 6.07) is 0. The van der Waals surface area contributed by atoms with Gasteiger partial charge in [0.05, 0.1) is 5.69 Å². The van der Waals surface area contributed by atoms with E-state index in [1.807, 2.05) is 7.05 Å². The Morgan fingerprint density at radius 2 is 2.12 bits per heavy atom. The molecule has 4 nitrogen and oxygen atoms in total. The van der Waals surface area contributed by atoms with Crippen LogP contribution in [0.1, 0.15) is 37.4 Å². The molecule has 0 spiro atoms. The predicted octanol–water partition coefficient (Wildman–Crippen LogP) is 1.73. The number of aryl methyl sites for hydroxylation is 1. The average Bonchev–Trinajstić information content (AvgIpc) is 2.55. The number of hydrogen-bond donors (Lipinski definition) is 1. The minimum Gasteiger partial charge on any atom is -0.473 e. The molecular weight excluding hydrogens is 214 g/mol. The maximum atomic E-state index is 5.90. The minimum atomic E-state index is 0.141. The standard InChI is InChI=1S/C13H21N3O/c1-10(8-14-2)17-13-11-6-4-3-5-7-12(11)15-9-16-13/h9-10,14H,3-8H2,1-2H3. The molecule has 4 heteroatoms. The Morgan fingerprint density at radius 1 is 1.29 bits per heavy atom. The van der Waals surface area contributed by atoms with Crippen molar-refractivity contribution < 1.29 is 4.74 Å². The van der Waals surface area contributed by atoms with Gasteiger partial charge in [-0.15, -0.1) is 0 Å². The van der Waals surface area contributed by atoms with Gasteiger partial charge in [0, 0.05) is 12.1 Å². The van der Waals surface area contributed by atoms with Crippen molar-refractivity contribution in [3.8, 4) is 5.88 Å². The van der Waals surface area contributed by atoms with Crippen LogP contribution >= 0.6 is 0 Å². The van der Waals surface area contributed by atoms with Crippen molar-refractivity contribution in [3.05, 3.63) is 17.6 Å². The van der Waals surface area contributed by atoms with E-state index in [2.05, 4.69) is 22.2 Å². The first-order valence-corrected chi connectivity index (χ1v) is 6.45.